The number of carboxylic acid groups (broad SMARTS) is 2. The molecular weight excluding hydrogens is 232 g/mol. The lowest BCUT2D eigenvalue weighted by Gasteiger charge is -2.19. The fourth-order valence-corrected chi connectivity index (χ4v) is 0.785. The summed E-state index contributed by atoms with van der Waals surface area (Å²) in [6.45, 7) is 0. The van der Waals surface area contributed by atoms with Crippen molar-refractivity contribution in [2.24, 2.45) is 0 Å². The SMILES string of the molecule is O=C(O)CC(O)(CC(=O)OOOO)C(=O)O. The molecule has 4 N–H and O–H groups in total. The van der Waals surface area contributed by atoms with Crippen LogP contribution in [0.25, 0.3) is 0 Å². The van der Waals surface area contributed by atoms with E-state index < -0.39 is 36.4 Å². The van der Waals surface area contributed by atoms with E-state index in [1.54, 1.807) is 0 Å². The van der Waals surface area contributed by atoms with Gasteiger partial charge in [-0.25, -0.2) is 14.8 Å². The van der Waals surface area contributed by atoms with Crippen molar-refractivity contribution in [3.63, 3.8) is 0 Å². The molecule has 0 saturated carbocycles. The van der Waals surface area contributed by atoms with E-state index in [2.05, 4.69) is 15.0 Å². The number of carboxylic acids is 2. The summed E-state index contributed by atoms with van der Waals surface area (Å²) < 4.78 is 0. The molecule has 0 bridgehead atoms. The lowest BCUT2D eigenvalue weighted by Crippen LogP contribution is -2.43. The minimum absolute atomic E-state index is 1.20. The first-order valence-corrected chi connectivity index (χ1v) is 3.67. The Morgan fingerprint density at radius 1 is 1.12 bits per heavy atom. The van der Waals surface area contributed by atoms with E-state index in [9.17, 15) is 19.5 Å². The molecule has 0 radical (unpaired) electrons. The van der Waals surface area contributed by atoms with E-state index in [0.29, 0.717) is 0 Å². The standard InChI is InChI=1S/C6H8O10/c7-3(8)1-6(12,5(10)11)2-4(9)14-16-15-13/h12-13H,1-2H2,(H,7,8)(H,10,11). The lowest BCUT2D eigenvalue weighted by molar-refractivity contribution is -0.605. The first kappa shape index (κ1) is 14.2. The smallest absolute Gasteiger partial charge is 0.349 e. The van der Waals surface area contributed by atoms with Gasteiger partial charge in [0.2, 0.25) is 0 Å². The second-order valence-corrected chi connectivity index (χ2v) is 2.68. The van der Waals surface area contributed by atoms with Gasteiger partial charge in [-0.1, -0.05) is 0 Å². The molecule has 0 aromatic carbocycles. The Balaban J connectivity index is 4.49. The molecule has 0 fully saturated rings. The van der Waals surface area contributed by atoms with Crippen molar-refractivity contribution in [3.05, 3.63) is 0 Å². The van der Waals surface area contributed by atoms with Crippen molar-refractivity contribution >= 4 is 17.9 Å². The maximum atomic E-state index is 10.7. The van der Waals surface area contributed by atoms with Crippen LogP contribution in [0, 0.1) is 0 Å². The highest BCUT2D eigenvalue weighted by molar-refractivity contribution is 5.88. The summed E-state index contributed by atoms with van der Waals surface area (Å²) in [6, 6.07) is 0. The predicted octanol–water partition coefficient (Wildman–Crippen LogP) is -1.45. The number of aliphatic hydroxyl groups is 1. The molecule has 0 heterocycles. The van der Waals surface area contributed by atoms with Crippen LogP contribution in [0.5, 0.6) is 0 Å². The molecule has 0 aromatic rings. The molecule has 1 atom stereocenters. The van der Waals surface area contributed by atoms with E-state index in [0.717, 1.165) is 0 Å². The number of aliphatic carboxylic acids is 2. The van der Waals surface area contributed by atoms with Crippen LogP contribution in [0.4, 0.5) is 0 Å². The summed E-state index contributed by atoms with van der Waals surface area (Å²) in [5, 5.41) is 39.9. The second-order valence-electron chi connectivity index (χ2n) is 2.68. The van der Waals surface area contributed by atoms with Gasteiger partial charge in [-0.15, -0.1) is 0 Å². The van der Waals surface area contributed by atoms with Crippen LogP contribution in [0.2, 0.25) is 0 Å². The molecule has 0 saturated heterocycles. The number of rotatable bonds is 7. The lowest BCUT2D eigenvalue weighted by atomic mass is 9.96. The highest BCUT2D eigenvalue weighted by atomic mass is 17.6. The summed E-state index contributed by atoms with van der Waals surface area (Å²) in [4.78, 5) is 35.1. The Hall–Kier alpha value is -1.75. The van der Waals surface area contributed by atoms with Crippen molar-refractivity contribution < 1.29 is 49.9 Å². The third kappa shape index (κ3) is 4.65. The molecule has 10 nitrogen and oxygen atoms in total. The quantitative estimate of drug-likeness (QED) is 0.306. The minimum Gasteiger partial charge on any atom is -0.481 e. The van der Waals surface area contributed by atoms with E-state index >= 15 is 0 Å². The van der Waals surface area contributed by atoms with Crippen molar-refractivity contribution in [3.8, 4) is 0 Å². The van der Waals surface area contributed by atoms with Gasteiger partial charge in [0.15, 0.2) is 5.60 Å². The Bertz CT molecular complexity index is 285. The number of carbonyl (C=O) groups excluding carboxylic acids is 1. The van der Waals surface area contributed by atoms with E-state index in [1.807, 2.05) is 0 Å². The molecule has 1 unspecified atom stereocenters. The van der Waals surface area contributed by atoms with E-state index in [1.165, 1.54) is 0 Å². The third-order valence-electron chi connectivity index (χ3n) is 1.44. The highest BCUT2D eigenvalue weighted by Crippen LogP contribution is 2.17. The van der Waals surface area contributed by atoms with Crippen molar-refractivity contribution in [1.82, 2.24) is 0 Å². The maximum absolute atomic E-state index is 10.7. The zero-order valence-electron chi connectivity index (χ0n) is 7.65. The van der Waals surface area contributed by atoms with Gasteiger partial charge < -0.3 is 15.3 Å². The topological polar surface area (TPSA) is 160 Å². The van der Waals surface area contributed by atoms with Crippen LogP contribution in [-0.2, 0) is 29.3 Å². The molecule has 0 aliphatic rings. The maximum Gasteiger partial charge on any atom is 0.349 e. The van der Waals surface area contributed by atoms with Gasteiger partial charge in [-0.2, -0.15) is 0 Å². The second kappa shape index (κ2) is 5.97. The number of hydrogen-bond donors (Lipinski definition) is 4. The summed E-state index contributed by atoms with van der Waals surface area (Å²) in [6.07, 6.45) is -2.41. The van der Waals surface area contributed by atoms with Crippen LogP contribution in [0.15, 0.2) is 0 Å². The van der Waals surface area contributed by atoms with Crippen molar-refractivity contribution in [1.29, 1.82) is 0 Å². The highest BCUT2D eigenvalue weighted by Gasteiger charge is 2.41. The van der Waals surface area contributed by atoms with Crippen LogP contribution >= 0.6 is 0 Å². The molecule has 92 valence electrons. The zero-order valence-corrected chi connectivity index (χ0v) is 7.65. The van der Waals surface area contributed by atoms with Gasteiger partial charge in [0, 0.05) is 5.04 Å². The summed E-state index contributed by atoms with van der Waals surface area (Å²) >= 11 is 0. The minimum atomic E-state index is -2.83. The van der Waals surface area contributed by atoms with Gasteiger partial charge in [-0.05, 0) is 5.04 Å². The Labute approximate surface area is 87.4 Å². The summed E-state index contributed by atoms with van der Waals surface area (Å²) in [5.74, 6) is -4.99. The molecule has 0 amide bonds. The van der Waals surface area contributed by atoms with Crippen LogP contribution in [0.3, 0.4) is 0 Å². The van der Waals surface area contributed by atoms with Crippen molar-refractivity contribution in [2.45, 2.75) is 18.4 Å². The molecule has 0 aliphatic heterocycles. The van der Waals surface area contributed by atoms with Gasteiger partial charge in [-0.3, -0.25) is 9.68 Å². The van der Waals surface area contributed by atoms with Crippen LogP contribution in [-0.4, -0.2) is 44.1 Å². The summed E-state index contributed by atoms with van der Waals surface area (Å²) in [5.41, 5.74) is -2.83. The normalized spacial score (nSPS) is 13.9. The van der Waals surface area contributed by atoms with Crippen molar-refractivity contribution in [2.75, 3.05) is 0 Å². The number of hydrogen-bond acceptors (Lipinski definition) is 8. The first-order chi connectivity index (χ1) is 7.31. The molecule has 0 rings (SSSR count). The average molecular weight is 240 g/mol. The molecule has 0 aliphatic carbocycles. The van der Waals surface area contributed by atoms with Gasteiger partial charge >= 0.3 is 17.9 Å². The zero-order chi connectivity index (χ0) is 12.8. The molecular formula is C6H8O10. The Kier molecular flexibility index (Phi) is 5.32. The fourth-order valence-electron chi connectivity index (χ4n) is 0.785. The number of carbonyl (C=O) groups is 3. The largest absolute Gasteiger partial charge is 0.481 e. The Morgan fingerprint density at radius 3 is 2.06 bits per heavy atom. The predicted molar refractivity (Wildman–Crippen MR) is 40.3 cm³/mol. The molecule has 16 heavy (non-hydrogen) atoms. The summed E-state index contributed by atoms with van der Waals surface area (Å²) in [7, 11) is 0. The van der Waals surface area contributed by atoms with Crippen LogP contribution in [0.1, 0.15) is 12.8 Å². The van der Waals surface area contributed by atoms with Gasteiger partial charge in [0.25, 0.3) is 0 Å². The van der Waals surface area contributed by atoms with Crippen LogP contribution < -0.4 is 0 Å². The molecule has 0 aromatic heterocycles. The van der Waals surface area contributed by atoms with E-state index in [4.69, 9.17) is 15.5 Å². The average Bonchev–Trinajstić information content (AvgIpc) is 2.12. The fraction of sp³-hybridized carbons (Fsp3) is 0.500. The van der Waals surface area contributed by atoms with Gasteiger partial charge in [0.1, 0.15) is 0 Å². The first-order valence-electron chi connectivity index (χ1n) is 3.67. The van der Waals surface area contributed by atoms with Gasteiger partial charge in [0.05, 0.1) is 12.8 Å². The Morgan fingerprint density at radius 2 is 1.69 bits per heavy atom. The third-order valence-corrected chi connectivity index (χ3v) is 1.44. The molecule has 10 heteroatoms. The monoisotopic (exact) mass is 240 g/mol. The molecule has 0 spiro atoms. The van der Waals surface area contributed by atoms with E-state index in [-0.39, 0.29) is 0 Å².